The van der Waals surface area contributed by atoms with E-state index in [1.807, 2.05) is 0 Å². The smallest absolute Gasteiger partial charge is 0.249 e. The maximum Gasteiger partial charge on any atom is 0.249 e. The Balaban J connectivity index is 2.03. The first kappa shape index (κ1) is 10.5. The van der Waals surface area contributed by atoms with Crippen LogP contribution in [-0.4, -0.2) is 23.2 Å². The summed E-state index contributed by atoms with van der Waals surface area (Å²) in [5.74, 6) is -3.10. The van der Waals surface area contributed by atoms with Crippen LogP contribution in [0.15, 0.2) is 6.07 Å². The van der Waals surface area contributed by atoms with E-state index < -0.39 is 11.8 Å². The highest BCUT2D eigenvalue weighted by Gasteiger charge is 2.49. The van der Waals surface area contributed by atoms with E-state index in [2.05, 4.69) is 4.37 Å². The third kappa shape index (κ3) is 1.99. The second-order valence-electron chi connectivity index (χ2n) is 3.56. The molecule has 0 amide bonds. The molecule has 1 aromatic rings. The fourth-order valence-electron chi connectivity index (χ4n) is 1.52. The van der Waals surface area contributed by atoms with E-state index in [0.29, 0.717) is 10.8 Å². The van der Waals surface area contributed by atoms with Crippen molar-refractivity contribution in [3.63, 3.8) is 0 Å². The van der Waals surface area contributed by atoms with Gasteiger partial charge < -0.3 is 4.74 Å². The van der Waals surface area contributed by atoms with E-state index in [9.17, 15) is 13.6 Å². The lowest BCUT2D eigenvalue weighted by Gasteiger charge is -2.33. The Morgan fingerprint density at radius 1 is 1.67 bits per heavy atom. The second-order valence-corrected chi connectivity index (χ2v) is 4.36. The fraction of sp³-hybridized carbons (Fsp3) is 0.556. The Morgan fingerprint density at radius 3 is 2.80 bits per heavy atom. The van der Waals surface area contributed by atoms with Gasteiger partial charge >= 0.3 is 0 Å². The number of halogens is 2. The predicted molar refractivity (Wildman–Crippen MR) is 50.7 cm³/mol. The standard InChI is InChI=1S/C9H9F2NO2S/c1-14-7-2-6(15-12-7)8(13)5-3-9(10,11)4-5/h2,5H,3-4H2,1H3. The zero-order valence-electron chi connectivity index (χ0n) is 8.00. The summed E-state index contributed by atoms with van der Waals surface area (Å²) in [4.78, 5) is 12.0. The molecule has 15 heavy (non-hydrogen) atoms. The zero-order chi connectivity index (χ0) is 11.1. The topological polar surface area (TPSA) is 39.2 Å². The van der Waals surface area contributed by atoms with Crippen molar-refractivity contribution in [3.05, 3.63) is 10.9 Å². The van der Waals surface area contributed by atoms with E-state index in [-0.39, 0.29) is 18.6 Å². The van der Waals surface area contributed by atoms with Crippen molar-refractivity contribution in [3.8, 4) is 5.88 Å². The molecule has 0 saturated heterocycles. The number of hydrogen-bond donors (Lipinski definition) is 0. The number of ketones is 1. The Kier molecular flexibility index (Phi) is 2.46. The molecule has 1 aromatic heterocycles. The van der Waals surface area contributed by atoms with Crippen LogP contribution >= 0.6 is 11.5 Å². The molecule has 0 radical (unpaired) electrons. The van der Waals surface area contributed by atoms with Gasteiger partial charge in [-0.25, -0.2) is 8.78 Å². The summed E-state index contributed by atoms with van der Waals surface area (Å²) in [7, 11) is 1.45. The normalized spacial score (nSPS) is 19.7. The Labute approximate surface area is 89.2 Å². The van der Waals surface area contributed by atoms with E-state index in [1.165, 1.54) is 13.2 Å². The number of aromatic nitrogens is 1. The van der Waals surface area contributed by atoms with Crippen LogP contribution in [0.2, 0.25) is 0 Å². The van der Waals surface area contributed by atoms with Crippen LogP contribution in [0, 0.1) is 5.92 Å². The third-order valence-corrected chi connectivity index (χ3v) is 3.19. The highest BCUT2D eigenvalue weighted by atomic mass is 32.1. The molecule has 6 heteroatoms. The molecule has 1 aliphatic rings. The van der Waals surface area contributed by atoms with Gasteiger partial charge in [-0.15, -0.1) is 0 Å². The molecule has 0 unspecified atom stereocenters. The molecule has 0 atom stereocenters. The number of Topliss-reactive ketones (excluding diaryl/α,β-unsaturated/α-hetero) is 1. The summed E-state index contributed by atoms with van der Waals surface area (Å²) in [6.07, 6.45) is -0.682. The number of rotatable bonds is 3. The molecule has 0 spiro atoms. The molecule has 82 valence electrons. The molecular weight excluding hydrogens is 224 g/mol. The van der Waals surface area contributed by atoms with Crippen LogP contribution < -0.4 is 4.74 Å². The maximum absolute atomic E-state index is 12.5. The minimum atomic E-state index is -2.66. The van der Waals surface area contributed by atoms with Crippen LogP contribution in [0.4, 0.5) is 8.78 Å². The summed E-state index contributed by atoms with van der Waals surface area (Å²) in [5.41, 5.74) is 0. The lowest BCUT2D eigenvalue weighted by Crippen LogP contribution is -2.39. The van der Waals surface area contributed by atoms with Crippen LogP contribution in [0.25, 0.3) is 0 Å². The molecule has 0 bridgehead atoms. The second kappa shape index (κ2) is 3.52. The van der Waals surface area contributed by atoms with Gasteiger partial charge in [0.05, 0.1) is 12.0 Å². The number of ether oxygens (including phenoxy) is 1. The number of carbonyl (C=O) groups excluding carboxylic acids is 1. The summed E-state index contributed by atoms with van der Waals surface area (Å²) in [6.45, 7) is 0. The van der Waals surface area contributed by atoms with E-state index >= 15 is 0 Å². The molecule has 2 rings (SSSR count). The molecule has 3 nitrogen and oxygen atoms in total. The number of alkyl halides is 2. The van der Waals surface area contributed by atoms with E-state index in [4.69, 9.17) is 4.74 Å². The van der Waals surface area contributed by atoms with Gasteiger partial charge in [0, 0.05) is 24.8 Å². The van der Waals surface area contributed by atoms with Gasteiger partial charge in [-0.3, -0.25) is 4.79 Å². The fourth-order valence-corrected chi connectivity index (χ4v) is 2.24. The lowest BCUT2D eigenvalue weighted by molar-refractivity contribution is -0.0981. The average Bonchev–Trinajstić information content (AvgIpc) is 2.61. The van der Waals surface area contributed by atoms with Crippen molar-refractivity contribution < 1.29 is 18.3 Å². The van der Waals surface area contributed by atoms with Gasteiger partial charge in [0.2, 0.25) is 11.8 Å². The number of hydrogen-bond acceptors (Lipinski definition) is 4. The quantitative estimate of drug-likeness (QED) is 0.752. The Hall–Kier alpha value is -1.04. The first-order valence-corrected chi connectivity index (χ1v) is 5.22. The van der Waals surface area contributed by atoms with Gasteiger partial charge in [0.1, 0.15) is 0 Å². The first-order valence-electron chi connectivity index (χ1n) is 4.44. The van der Waals surface area contributed by atoms with Crippen LogP contribution in [0.3, 0.4) is 0 Å². The molecule has 0 N–H and O–H groups in total. The summed E-state index contributed by atoms with van der Waals surface area (Å²) < 4.78 is 33.8. The van der Waals surface area contributed by atoms with Crippen molar-refractivity contribution >= 4 is 17.3 Å². The lowest BCUT2D eigenvalue weighted by atomic mass is 9.78. The molecule has 0 aromatic carbocycles. The molecule has 1 aliphatic carbocycles. The summed E-state index contributed by atoms with van der Waals surface area (Å²) in [5, 5.41) is 0. The Bertz CT molecular complexity index is 383. The predicted octanol–water partition coefficient (Wildman–Crippen LogP) is 2.38. The molecule has 1 heterocycles. The minimum absolute atomic E-state index is 0.248. The monoisotopic (exact) mass is 233 g/mol. The first-order chi connectivity index (χ1) is 7.02. The van der Waals surface area contributed by atoms with Crippen LogP contribution in [0.1, 0.15) is 22.5 Å². The van der Waals surface area contributed by atoms with E-state index in [0.717, 1.165) is 11.5 Å². The van der Waals surface area contributed by atoms with Gasteiger partial charge in [-0.1, -0.05) is 0 Å². The van der Waals surface area contributed by atoms with E-state index in [1.54, 1.807) is 0 Å². The number of nitrogens with zero attached hydrogens (tertiary/aromatic N) is 1. The molecule has 1 saturated carbocycles. The Morgan fingerprint density at radius 2 is 2.33 bits per heavy atom. The maximum atomic E-state index is 12.5. The van der Waals surface area contributed by atoms with Gasteiger partial charge in [-0.05, 0) is 11.5 Å². The third-order valence-electron chi connectivity index (χ3n) is 2.40. The number of carbonyl (C=O) groups is 1. The van der Waals surface area contributed by atoms with Crippen molar-refractivity contribution in [2.45, 2.75) is 18.8 Å². The number of methoxy groups -OCH3 is 1. The summed E-state index contributed by atoms with van der Waals surface area (Å²) in [6, 6.07) is 1.49. The molecular formula is C9H9F2NO2S. The highest BCUT2D eigenvalue weighted by Crippen LogP contribution is 2.44. The van der Waals surface area contributed by atoms with Gasteiger partial charge in [-0.2, -0.15) is 4.37 Å². The van der Waals surface area contributed by atoms with Crippen LogP contribution in [-0.2, 0) is 0 Å². The van der Waals surface area contributed by atoms with Crippen molar-refractivity contribution in [2.24, 2.45) is 5.92 Å². The van der Waals surface area contributed by atoms with Crippen molar-refractivity contribution in [1.29, 1.82) is 0 Å². The highest BCUT2D eigenvalue weighted by molar-refractivity contribution is 7.08. The minimum Gasteiger partial charge on any atom is -0.480 e. The zero-order valence-corrected chi connectivity index (χ0v) is 8.81. The largest absolute Gasteiger partial charge is 0.480 e. The van der Waals surface area contributed by atoms with Crippen molar-refractivity contribution in [2.75, 3.05) is 7.11 Å². The van der Waals surface area contributed by atoms with Gasteiger partial charge in [0.25, 0.3) is 0 Å². The van der Waals surface area contributed by atoms with Crippen molar-refractivity contribution in [1.82, 2.24) is 4.37 Å². The summed E-state index contributed by atoms with van der Waals surface area (Å²) >= 11 is 0.991. The van der Waals surface area contributed by atoms with Crippen LogP contribution in [0.5, 0.6) is 5.88 Å². The van der Waals surface area contributed by atoms with Gasteiger partial charge in [0.15, 0.2) is 5.78 Å². The average molecular weight is 233 g/mol. The SMILES string of the molecule is COc1cc(C(=O)C2CC(F)(F)C2)sn1. The molecule has 1 fully saturated rings. The molecule has 0 aliphatic heterocycles.